The van der Waals surface area contributed by atoms with Crippen molar-refractivity contribution in [3.63, 3.8) is 0 Å². The van der Waals surface area contributed by atoms with Gasteiger partial charge in [-0.2, -0.15) is 5.10 Å². The van der Waals surface area contributed by atoms with Gasteiger partial charge in [0, 0.05) is 24.0 Å². The predicted octanol–water partition coefficient (Wildman–Crippen LogP) is 5.64. The Morgan fingerprint density at radius 2 is 2.00 bits per heavy atom. The van der Waals surface area contributed by atoms with E-state index in [2.05, 4.69) is 34.5 Å². The predicted molar refractivity (Wildman–Crippen MR) is 132 cm³/mol. The number of likely N-dealkylation sites (tertiary alicyclic amines) is 1. The van der Waals surface area contributed by atoms with E-state index < -0.39 is 0 Å². The third-order valence-corrected chi connectivity index (χ3v) is 6.80. The highest BCUT2D eigenvalue weighted by Crippen LogP contribution is 2.29. The van der Waals surface area contributed by atoms with E-state index in [1.807, 2.05) is 54.4 Å². The van der Waals surface area contributed by atoms with Crippen molar-refractivity contribution in [2.75, 3.05) is 20.2 Å². The van der Waals surface area contributed by atoms with Crippen LogP contribution in [0.2, 0.25) is 0 Å². The molecule has 2 heterocycles. The summed E-state index contributed by atoms with van der Waals surface area (Å²) in [5, 5.41) is 8.27. The van der Waals surface area contributed by atoms with Crippen LogP contribution in [-0.2, 0) is 6.42 Å². The van der Waals surface area contributed by atoms with Crippen LogP contribution in [0.3, 0.4) is 0 Å². The minimum atomic E-state index is 0.137. The van der Waals surface area contributed by atoms with Crippen LogP contribution >= 0.6 is 0 Å². The molecule has 1 amide bonds. The molecule has 1 atom stereocenters. The highest BCUT2D eigenvalue weighted by atomic mass is 16.5. The molecule has 0 unspecified atom stereocenters. The van der Waals surface area contributed by atoms with Gasteiger partial charge in [-0.3, -0.25) is 9.89 Å². The van der Waals surface area contributed by atoms with Crippen molar-refractivity contribution >= 4 is 16.8 Å². The van der Waals surface area contributed by atoms with Crippen molar-refractivity contribution in [3.8, 4) is 16.9 Å². The van der Waals surface area contributed by atoms with E-state index >= 15 is 0 Å². The topological polar surface area (TPSA) is 58.2 Å². The normalized spacial score (nSPS) is 16.2. The first-order chi connectivity index (χ1) is 16.1. The zero-order valence-electron chi connectivity index (χ0n) is 19.2. The monoisotopic (exact) mass is 439 g/mol. The second-order valence-corrected chi connectivity index (χ2v) is 8.96. The van der Waals surface area contributed by atoms with Gasteiger partial charge in [-0.15, -0.1) is 0 Å². The first kappa shape index (κ1) is 21.3. The summed E-state index contributed by atoms with van der Waals surface area (Å²) in [7, 11) is 1.67. The number of amides is 1. The van der Waals surface area contributed by atoms with Crippen LogP contribution < -0.4 is 4.74 Å². The molecule has 0 spiro atoms. The summed E-state index contributed by atoms with van der Waals surface area (Å²) < 4.78 is 5.28. The Morgan fingerprint density at radius 1 is 1.15 bits per heavy atom. The SMILES string of the molecule is COc1ccc(-c2cccc(C(=O)N3CCC[C@@H](Cc4ccc5[nH]ncc5c4)C3)c2C)cc1. The smallest absolute Gasteiger partial charge is 0.254 e. The molecule has 0 radical (unpaired) electrons. The van der Waals surface area contributed by atoms with Gasteiger partial charge in [-0.1, -0.05) is 30.3 Å². The second-order valence-electron chi connectivity index (χ2n) is 8.96. The number of ether oxygens (including phenoxy) is 1. The summed E-state index contributed by atoms with van der Waals surface area (Å²) in [4.78, 5) is 15.6. The minimum absolute atomic E-state index is 0.137. The first-order valence-corrected chi connectivity index (χ1v) is 11.6. The number of H-pyrrole nitrogens is 1. The first-order valence-electron chi connectivity index (χ1n) is 11.6. The zero-order chi connectivity index (χ0) is 22.8. The Labute approximate surface area is 194 Å². The van der Waals surface area contributed by atoms with Crippen LogP contribution in [0.15, 0.2) is 66.9 Å². The molecule has 5 nitrogen and oxygen atoms in total. The number of nitrogens with zero attached hydrogens (tertiary/aromatic N) is 2. The van der Waals surface area contributed by atoms with E-state index in [0.29, 0.717) is 5.92 Å². The molecule has 0 saturated carbocycles. The van der Waals surface area contributed by atoms with Crippen LogP contribution in [0.25, 0.3) is 22.0 Å². The number of hydrogen-bond donors (Lipinski definition) is 1. The number of piperidine rings is 1. The number of carbonyl (C=O) groups excluding carboxylic acids is 1. The van der Waals surface area contributed by atoms with Crippen molar-refractivity contribution in [3.05, 3.63) is 83.6 Å². The lowest BCUT2D eigenvalue weighted by Crippen LogP contribution is -2.40. The van der Waals surface area contributed by atoms with E-state index in [0.717, 1.165) is 71.3 Å². The summed E-state index contributed by atoms with van der Waals surface area (Å²) in [5.41, 5.74) is 6.37. The molecule has 1 aliphatic heterocycles. The van der Waals surface area contributed by atoms with Gasteiger partial charge in [0.2, 0.25) is 0 Å². The molecule has 0 bridgehead atoms. The van der Waals surface area contributed by atoms with Gasteiger partial charge in [-0.25, -0.2) is 0 Å². The summed E-state index contributed by atoms with van der Waals surface area (Å²) in [6.07, 6.45) is 5.05. The number of aromatic nitrogens is 2. The van der Waals surface area contributed by atoms with Crippen molar-refractivity contribution in [1.29, 1.82) is 0 Å². The maximum atomic E-state index is 13.5. The number of carbonyl (C=O) groups is 1. The molecule has 168 valence electrons. The number of fused-ring (bicyclic) bond motifs is 1. The van der Waals surface area contributed by atoms with Crippen LogP contribution in [0.4, 0.5) is 0 Å². The van der Waals surface area contributed by atoms with Crippen LogP contribution in [0.1, 0.15) is 34.3 Å². The Balaban J connectivity index is 1.33. The summed E-state index contributed by atoms with van der Waals surface area (Å²) in [6, 6.07) is 20.5. The maximum Gasteiger partial charge on any atom is 0.254 e. The summed E-state index contributed by atoms with van der Waals surface area (Å²) >= 11 is 0. The zero-order valence-corrected chi connectivity index (χ0v) is 19.2. The molecule has 0 aliphatic carbocycles. The van der Waals surface area contributed by atoms with E-state index in [1.165, 1.54) is 5.56 Å². The minimum Gasteiger partial charge on any atom is -0.497 e. The lowest BCUT2D eigenvalue weighted by molar-refractivity contribution is 0.0672. The highest BCUT2D eigenvalue weighted by Gasteiger charge is 2.26. The standard InChI is InChI=1S/C28H29N3O2/c1-19-25(22-9-11-24(33-2)12-10-22)6-3-7-26(19)28(32)31-14-4-5-21(18-31)15-20-8-13-27-23(16-20)17-29-30-27/h3,6-13,16-17,21H,4-5,14-15,18H2,1-2H3,(H,29,30)/t21-/m0/s1. The third-order valence-electron chi connectivity index (χ3n) is 6.80. The lowest BCUT2D eigenvalue weighted by Gasteiger charge is -2.33. The fraction of sp³-hybridized carbons (Fsp3) is 0.286. The van der Waals surface area contributed by atoms with E-state index in [9.17, 15) is 4.79 Å². The largest absolute Gasteiger partial charge is 0.497 e. The third kappa shape index (κ3) is 4.36. The molecule has 1 N–H and O–H groups in total. The van der Waals surface area contributed by atoms with E-state index in [1.54, 1.807) is 7.11 Å². The van der Waals surface area contributed by atoms with Crippen molar-refractivity contribution < 1.29 is 9.53 Å². The number of nitrogens with one attached hydrogen (secondary N) is 1. The van der Waals surface area contributed by atoms with Gasteiger partial charge in [0.25, 0.3) is 5.91 Å². The Bertz CT molecular complexity index is 1280. The fourth-order valence-corrected chi connectivity index (χ4v) is 4.99. The molecule has 1 aromatic heterocycles. The second kappa shape index (κ2) is 9.10. The Kier molecular flexibility index (Phi) is 5.86. The Morgan fingerprint density at radius 3 is 2.82 bits per heavy atom. The molecule has 4 aromatic rings. The Hall–Kier alpha value is -3.60. The number of hydrogen-bond acceptors (Lipinski definition) is 3. The number of aromatic amines is 1. The molecule has 33 heavy (non-hydrogen) atoms. The van der Waals surface area contributed by atoms with Gasteiger partial charge >= 0.3 is 0 Å². The van der Waals surface area contributed by atoms with Crippen LogP contribution in [0, 0.1) is 12.8 Å². The van der Waals surface area contributed by atoms with E-state index in [-0.39, 0.29) is 5.91 Å². The van der Waals surface area contributed by atoms with Crippen LogP contribution in [0.5, 0.6) is 5.75 Å². The van der Waals surface area contributed by atoms with Crippen LogP contribution in [-0.4, -0.2) is 41.2 Å². The molecule has 3 aromatic carbocycles. The maximum absolute atomic E-state index is 13.5. The lowest BCUT2D eigenvalue weighted by atomic mass is 9.90. The molecule has 5 rings (SSSR count). The van der Waals surface area contributed by atoms with Gasteiger partial charge in [0.05, 0.1) is 18.8 Å². The number of rotatable bonds is 5. The highest BCUT2D eigenvalue weighted by molar-refractivity contribution is 5.97. The number of methoxy groups -OCH3 is 1. The van der Waals surface area contributed by atoms with Crippen molar-refractivity contribution in [1.82, 2.24) is 15.1 Å². The van der Waals surface area contributed by atoms with Gasteiger partial charge < -0.3 is 9.64 Å². The van der Waals surface area contributed by atoms with Crippen molar-refractivity contribution in [2.45, 2.75) is 26.2 Å². The number of benzene rings is 3. The molecule has 1 aliphatic rings. The van der Waals surface area contributed by atoms with Gasteiger partial charge in [0.15, 0.2) is 0 Å². The average Bonchev–Trinajstić information content (AvgIpc) is 3.32. The summed E-state index contributed by atoms with van der Waals surface area (Å²) in [6.45, 7) is 3.67. The average molecular weight is 440 g/mol. The van der Waals surface area contributed by atoms with Crippen molar-refractivity contribution in [2.24, 2.45) is 5.92 Å². The summed E-state index contributed by atoms with van der Waals surface area (Å²) in [5.74, 6) is 1.44. The molecule has 5 heteroatoms. The molecular weight excluding hydrogens is 410 g/mol. The molecule has 1 saturated heterocycles. The van der Waals surface area contributed by atoms with Gasteiger partial charge in [0.1, 0.15) is 5.75 Å². The fourth-order valence-electron chi connectivity index (χ4n) is 4.99. The van der Waals surface area contributed by atoms with E-state index in [4.69, 9.17) is 4.74 Å². The van der Waals surface area contributed by atoms with Gasteiger partial charge in [-0.05, 0) is 84.7 Å². The molecule has 1 fully saturated rings. The molecular formula is C28H29N3O2. The quantitative estimate of drug-likeness (QED) is 0.438.